The first-order chi connectivity index (χ1) is 10.1. The van der Waals surface area contributed by atoms with Gasteiger partial charge in [-0.3, -0.25) is 9.59 Å². The molecule has 2 amide bonds. The van der Waals surface area contributed by atoms with Crippen molar-refractivity contribution in [2.24, 2.45) is 0 Å². The lowest BCUT2D eigenvalue weighted by molar-refractivity contribution is -0.120. The van der Waals surface area contributed by atoms with Gasteiger partial charge in [0.1, 0.15) is 6.04 Å². The Hall–Kier alpha value is -1.63. The highest BCUT2D eigenvalue weighted by Crippen LogP contribution is 2.10. The predicted octanol–water partition coefficient (Wildman–Crippen LogP) is 1.17. The van der Waals surface area contributed by atoms with Crippen molar-refractivity contribution in [3.8, 4) is 0 Å². The van der Waals surface area contributed by atoms with Crippen molar-refractivity contribution in [3.63, 3.8) is 0 Å². The third-order valence-electron chi connectivity index (χ3n) is 3.07. The molecule has 22 heavy (non-hydrogen) atoms. The van der Waals surface area contributed by atoms with Crippen molar-refractivity contribution in [3.05, 3.63) is 29.8 Å². The highest BCUT2D eigenvalue weighted by molar-refractivity contribution is 5.97. The molecule has 2 rings (SSSR count). The fourth-order valence-corrected chi connectivity index (χ4v) is 2.01. The molecule has 1 aromatic carbocycles. The van der Waals surface area contributed by atoms with Gasteiger partial charge in [0.05, 0.1) is 13.2 Å². The first-order valence-corrected chi connectivity index (χ1v) is 7.09. The summed E-state index contributed by atoms with van der Waals surface area (Å²) in [4.78, 5) is 23.8. The topological polar surface area (TPSA) is 79.5 Å². The van der Waals surface area contributed by atoms with Crippen LogP contribution in [0.2, 0.25) is 0 Å². The molecule has 1 aliphatic heterocycles. The second-order valence-corrected chi connectivity index (χ2v) is 5.28. The van der Waals surface area contributed by atoms with Crippen LogP contribution in [0.5, 0.6) is 0 Å². The largest absolute Gasteiger partial charge is 0.378 e. The number of halogens is 1. The molecule has 1 aliphatic rings. The molecule has 6 nitrogen and oxygen atoms in total. The van der Waals surface area contributed by atoms with Gasteiger partial charge in [-0.05, 0) is 38.1 Å². The Bertz CT molecular complexity index is 499. The number of carbonyl (C=O) groups is 2. The number of nitrogens with one attached hydrogen (secondary N) is 3. The van der Waals surface area contributed by atoms with E-state index >= 15 is 0 Å². The number of rotatable bonds is 4. The van der Waals surface area contributed by atoms with Crippen LogP contribution in [0, 0.1) is 0 Å². The highest BCUT2D eigenvalue weighted by atomic mass is 35.5. The lowest BCUT2D eigenvalue weighted by atomic mass is 10.1. The SMILES string of the molecule is CC(C)NC(=O)c1ccc(NC(=O)C2COCCN2)cc1.Cl. The molecule has 0 aliphatic carbocycles. The number of benzene rings is 1. The first-order valence-electron chi connectivity index (χ1n) is 7.09. The van der Waals surface area contributed by atoms with Crippen molar-refractivity contribution in [1.82, 2.24) is 10.6 Å². The van der Waals surface area contributed by atoms with Gasteiger partial charge in [-0.25, -0.2) is 0 Å². The molecule has 7 heteroatoms. The minimum Gasteiger partial charge on any atom is -0.378 e. The van der Waals surface area contributed by atoms with Crippen LogP contribution in [-0.2, 0) is 9.53 Å². The molecule has 1 fully saturated rings. The van der Waals surface area contributed by atoms with Gasteiger partial charge < -0.3 is 20.7 Å². The van der Waals surface area contributed by atoms with Crippen LogP contribution in [0.1, 0.15) is 24.2 Å². The van der Waals surface area contributed by atoms with Crippen molar-refractivity contribution in [1.29, 1.82) is 0 Å². The molecule has 1 heterocycles. The lowest BCUT2D eigenvalue weighted by Crippen LogP contribution is -2.48. The monoisotopic (exact) mass is 327 g/mol. The summed E-state index contributed by atoms with van der Waals surface area (Å²) >= 11 is 0. The molecular formula is C15H22ClN3O3. The van der Waals surface area contributed by atoms with E-state index in [9.17, 15) is 9.59 Å². The normalized spacial score (nSPS) is 17.5. The zero-order chi connectivity index (χ0) is 15.2. The van der Waals surface area contributed by atoms with E-state index in [0.29, 0.717) is 31.0 Å². The molecule has 0 saturated carbocycles. The molecule has 1 atom stereocenters. The average Bonchev–Trinajstić information content (AvgIpc) is 2.48. The van der Waals surface area contributed by atoms with Crippen LogP contribution in [0.15, 0.2) is 24.3 Å². The third-order valence-corrected chi connectivity index (χ3v) is 3.07. The standard InChI is InChI=1S/C15H21N3O3.ClH/c1-10(2)17-14(19)11-3-5-12(6-4-11)18-15(20)13-9-21-8-7-16-13;/h3-6,10,13,16H,7-9H2,1-2H3,(H,17,19)(H,18,20);1H. The number of anilines is 1. The van der Waals surface area contributed by atoms with E-state index in [1.807, 2.05) is 13.8 Å². The van der Waals surface area contributed by atoms with E-state index < -0.39 is 0 Å². The Morgan fingerprint density at radius 3 is 2.50 bits per heavy atom. The Balaban J connectivity index is 0.00000242. The van der Waals surface area contributed by atoms with Crippen LogP contribution in [-0.4, -0.2) is 43.7 Å². The van der Waals surface area contributed by atoms with E-state index in [2.05, 4.69) is 16.0 Å². The second-order valence-electron chi connectivity index (χ2n) is 5.28. The molecular weight excluding hydrogens is 306 g/mol. The number of ether oxygens (including phenoxy) is 1. The van der Waals surface area contributed by atoms with Gasteiger partial charge in [0.15, 0.2) is 0 Å². The fraction of sp³-hybridized carbons (Fsp3) is 0.467. The van der Waals surface area contributed by atoms with Crippen LogP contribution in [0.4, 0.5) is 5.69 Å². The Morgan fingerprint density at radius 2 is 1.95 bits per heavy atom. The third kappa shape index (κ3) is 5.29. The average molecular weight is 328 g/mol. The number of carbonyl (C=O) groups excluding carboxylic acids is 2. The zero-order valence-electron chi connectivity index (χ0n) is 12.7. The van der Waals surface area contributed by atoms with Gasteiger partial charge in [0.25, 0.3) is 5.91 Å². The van der Waals surface area contributed by atoms with Gasteiger partial charge in [-0.1, -0.05) is 0 Å². The molecule has 0 aromatic heterocycles. The van der Waals surface area contributed by atoms with Crippen LogP contribution >= 0.6 is 12.4 Å². The Labute approximate surface area is 136 Å². The molecule has 1 saturated heterocycles. The van der Waals surface area contributed by atoms with E-state index in [1.165, 1.54) is 0 Å². The van der Waals surface area contributed by atoms with Gasteiger partial charge in [0.2, 0.25) is 5.91 Å². The zero-order valence-corrected chi connectivity index (χ0v) is 13.5. The van der Waals surface area contributed by atoms with Crippen LogP contribution in [0.3, 0.4) is 0 Å². The number of morpholine rings is 1. The summed E-state index contributed by atoms with van der Waals surface area (Å²) in [7, 11) is 0. The molecule has 0 radical (unpaired) electrons. The molecule has 122 valence electrons. The van der Waals surface area contributed by atoms with Crippen LogP contribution in [0.25, 0.3) is 0 Å². The quantitative estimate of drug-likeness (QED) is 0.775. The maximum Gasteiger partial charge on any atom is 0.251 e. The number of amides is 2. The minimum absolute atomic E-state index is 0. The summed E-state index contributed by atoms with van der Waals surface area (Å²) in [5.74, 6) is -0.251. The maximum absolute atomic E-state index is 12.0. The summed E-state index contributed by atoms with van der Waals surface area (Å²) in [6, 6.07) is 6.58. The summed E-state index contributed by atoms with van der Waals surface area (Å²) in [5, 5.41) is 8.71. The number of hydrogen-bond donors (Lipinski definition) is 3. The van der Waals surface area contributed by atoms with Gasteiger partial charge >= 0.3 is 0 Å². The van der Waals surface area contributed by atoms with Crippen molar-refractivity contribution in [2.45, 2.75) is 25.9 Å². The van der Waals surface area contributed by atoms with Gasteiger partial charge in [0, 0.05) is 23.8 Å². The van der Waals surface area contributed by atoms with E-state index in [1.54, 1.807) is 24.3 Å². The first kappa shape index (κ1) is 18.4. The summed E-state index contributed by atoms with van der Waals surface area (Å²) in [5.41, 5.74) is 1.23. The van der Waals surface area contributed by atoms with Gasteiger partial charge in [-0.2, -0.15) is 0 Å². The van der Waals surface area contributed by atoms with E-state index in [4.69, 9.17) is 4.74 Å². The van der Waals surface area contributed by atoms with Crippen molar-refractivity contribution >= 4 is 29.9 Å². The predicted molar refractivity (Wildman–Crippen MR) is 87.5 cm³/mol. The summed E-state index contributed by atoms with van der Waals surface area (Å²) in [6.45, 7) is 5.49. The summed E-state index contributed by atoms with van der Waals surface area (Å²) in [6.07, 6.45) is 0. The molecule has 1 aromatic rings. The summed E-state index contributed by atoms with van der Waals surface area (Å²) < 4.78 is 5.25. The fourth-order valence-electron chi connectivity index (χ4n) is 2.01. The van der Waals surface area contributed by atoms with Crippen molar-refractivity contribution in [2.75, 3.05) is 25.1 Å². The Morgan fingerprint density at radius 1 is 1.27 bits per heavy atom. The van der Waals surface area contributed by atoms with E-state index in [-0.39, 0.29) is 36.3 Å². The highest BCUT2D eigenvalue weighted by Gasteiger charge is 2.21. The second kappa shape index (κ2) is 8.73. The molecule has 0 spiro atoms. The minimum atomic E-state index is -0.331. The van der Waals surface area contributed by atoms with Gasteiger partial charge in [-0.15, -0.1) is 12.4 Å². The Kier molecular flexibility index (Phi) is 7.31. The molecule has 1 unspecified atom stereocenters. The molecule has 0 bridgehead atoms. The smallest absolute Gasteiger partial charge is 0.251 e. The maximum atomic E-state index is 12.0. The number of hydrogen-bond acceptors (Lipinski definition) is 4. The molecule has 3 N–H and O–H groups in total. The van der Waals surface area contributed by atoms with E-state index in [0.717, 1.165) is 0 Å². The van der Waals surface area contributed by atoms with Crippen LogP contribution < -0.4 is 16.0 Å². The van der Waals surface area contributed by atoms with Crippen molar-refractivity contribution < 1.29 is 14.3 Å². The lowest BCUT2D eigenvalue weighted by Gasteiger charge is -2.22.